The predicted molar refractivity (Wildman–Crippen MR) is 92.3 cm³/mol. The molecule has 2 rings (SSSR count). The first kappa shape index (κ1) is 19.9. The lowest BCUT2D eigenvalue weighted by Crippen LogP contribution is -2.54. The van der Waals surface area contributed by atoms with E-state index in [0.717, 1.165) is 25.2 Å². The Bertz CT molecular complexity index is 837. The van der Waals surface area contributed by atoms with Crippen LogP contribution in [0.2, 0.25) is 0 Å². The molecule has 0 heterocycles. The Morgan fingerprint density at radius 1 is 1.04 bits per heavy atom. The third-order valence-electron chi connectivity index (χ3n) is 4.41. The Morgan fingerprint density at radius 2 is 1.60 bits per heavy atom. The van der Waals surface area contributed by atoms with E-state index in [2.05, 4.69) is 4.72 Å². The summed E-state index contributed by atoms with van der Waals surface area (Å²) in [7, 11) is -6.40. The van der Waals surface area contributed by atoms with Gasteiger partial charge < -0.3 is 4.74 Å². The highest BCUT2D eigenvalue weighted by molar-refractivity contribution is 7.91. The van der Waals surface area contributed by atoms with E-state index < -0.39 is 31.4 Å². The van der Waals surface area contributed by atoms with Gasteiger partial charge in [-0.2, -0.15) is 4.72 Å². The lowest BCUT2D eigenvalue weighted by molar-refractivity contribution is -0.148. The van der Waals surface area contributed by atoms with E-state index in [9.17, 15) is 21.6 Å². The van der Waals surface area contributed by atoms with Crippen molar-refractivity contribution in [1.82, 2.24) is 4.72 Å². The molecule has 0 amide bonds. The maximum absolute atomic E-state index is 12.8. The van der Waals surface area contributed by atoms with Gasteiger partial charge in [0.1, 0.15) is 5.54 Å². The van der Waals surface area contributed by atoms with Crippen LogP contribution in [0.4, 0.5) is 0 Å². The molecule has 0 spiro atoms. The molecule has 0 unspecified atom stereocenters. The second-order valence-electron chi connectivity index (χ2n) is 6.34. The van der Waals surface area contributed by atoms with Crippen molar-refractivity contribution in [3.8, 4) is 0 Å². The Labute approximate surface area is 148 Å². The van der Waals surface area contributed by atoms with Gasteiger partial charge >= 0.3 is 5.97 Å². The second kappa shape index (κ2) is 7.43. The van der Waals surface area contributed by atoms with Crippen LogP contribution in [0.5, 0.6) is 0 Å². The molecule has 140 valence electrons. The van der Waals surface area contributed by atoms with Gasteiger partial charge in [0.05, 0.1) is 16.9 Å². The molecule has 7 nitrogen and oxygen atoms in total. The summed E-state index contributed by atoms with van der Waals surface area (Å²) in [6.07, 6.45) is 4.97. The third-order valence-corrected chi connectivity index (χ3v) is 7.05. The molecule has 0 aromatic heterocycles. The van der Waals surface area contributed by atoms with Crippen LogP contribution in [-0.4, -0.2) is 41.7 Å². The summed E-state index contributed by atoms with van der Waals surface area (Å²) in [5.41, 5.74) is -1.31. The van der Waals surface area contributed by atoms with E-state index in [4.69, 9.17) is 4.74 Å². The molecule has 1 aromatic rings. The number of ether oxygens (including phenoxy) is 1. The molecule has 1 N–H and O–H groups in total. The molecule has 1 saturated carbocycles. The average Bonchev–Trinajstić information content (AvgIpc) is 2.79. The lowest BCUT2D eigenvalue weighted by Gasteiger charge is -2.30. The lowest BCUT2D eigenvalue weighted by atomic mass is 9.92. The summed E-state index contributed by atoms with van der Waals surface area (Å²) in [4.78, 5) is 12.0. The molecule has 1 aliphatic carbocycles. The Balaban J connectivity index is 2.42. The Kier molecular flexibility index (Phi) is 5.90. The Hall–Kier alpha value is -1.45. The van der Waals surface area contributed by atoms with E-state index in [0.29, 0.717) is 25.7 Å². The predicted octanol–water partition coefficient (Wildman–Crippen LogP) is 1.63. The molecule has 1 fully saturated rings. The normalized spacial score (nSPS) is 18.3. The van der Waals surface area contributed by atoms with Crippen LogP contribution >= 0.6 is 0 Å². The summed E-state index contributed by atoms with van der Waals surface area (Å²) in [5, 5.41) is 0. The zero-order valence-electron chi connectivity index (χ0n) is 14.3. The second-order valence-corrected chi connectivity index (χ2v) is 10.0. The van der Waals surface area contributed by atoms with Crippen LogP contribution in [-0.2, 0) is 29.4 Å². The van der Waals surface area contributed by atoms with Gasteiger partial charge in [0.15, 0.2) is 9.84 Å². The molecular weight excluding hydrogens is 366 g/mol. The number of benzene rings is 1. The molecule has 25 heavy (non-hydrogen) atoms. The highest BCUT2D eigenvalue weighted by Gasteiger charge is 2.43. The number of sulfone groups is 1. The quantitative estimate of drug-likeness (QED) is 0.606. The van der Waals surface area contributed by atoms with Gasteiger partial charge in [-0.05, 0) is 31.0 Å². The number of sulfonamides is 1. The molecule has 0 aliphatic heterocycles. The van der Waals surface area contributed by atoms with Crippen molar-refractivity contribution >= 4 is 25.8 Å². The topological polar surface area (TPSA) is 107 Å². The van der Waals surface area contributed by atoms with Crippen molar-refractivity contribution < 1.29 is 26.4 Å². The minimum absolute atomic E-state index is 0.0941. The standard InChI is InChI=1S/C16H23NO6S2/c1-23-15(18)16(10-5-3-4-6-11-16)17-25(21,22)14-9-7-8-13(12-14)24(2,19)20/h7-9,12,17H,3-6,10-11H2,1-2H3. The first-order chi connectivity index (χ1) is 11.6. The van der Waals surface area contributed by atoms with Gasteiger partial charge in [0.25, 0.3) is 0 Å². The number of hydrogen-bond acceptors (Lipinski definition) is 6. The first-order valence-corrected chi connectivity index (χ1v) is 11.4. The minimum Gasteiger partial charge on any atom is -0.468 e. The summed E-state index contributed by atoms with van der Waals surface area (Å²) >= 11 is 0. The number of carbonyl (C=O) groups is 1. The van der Waals surface area contributed by atoms with E-state index in [-0.39, 0.29) is 9.79 Å². The molecule has 0 bridgehead atoms. The summed E-state index contributed by atoms with van der Waals surface area (Å²) in [6, 6.07) is 5.09. The molecule has 1 aliphatic rings. The van der Waals surface area contributed by atoms with E-state index in [1.165, 1.54) is 25.3 Å². The zero-order valence-corrected chi connectivity index (χ0v) is 16.0. The van der Waals surface area contributed by atoms with Crippen LogP contribution < -0.4 is 4.72 Å². The van der Waals surface area contributed by atoms with Gasteiger partial charge in [-0.1, -0.05) is 31.7 Å². The van der Waals surface area contributed by atoms with E-state index >= 15 is 0 Å². The van der Waals surface area contributed by atoms with Crippen LogP contribution in [0.15, 0.2) is 34.1 Å². The first-order valence-electron chi connectivity index (χ1n) is 8.03. The highest BCUT2D eigenvalue weighted by Crippen LogP contribution is 2.30. The largest absolute Gasteiger partial charge is 0.468 e. The minimum atomic E-state index is -4.09. The van der Waals surface area contributed by atoms with Crippen molar-refractivity contribution in [3.63, 3.8) is 0 Å². The van der Waals surface area contributed by atoms with E-state index in [1.54, 1.807) is 0 Å². The van der Waals surface area contributed by atoms with Crippen molar-refractivity contribution in [2.45, 2.75) is 53.9 Å². The van der Waals surface area contributed by atoms with Crippen molar-refractivity contribution in [2.24, 2.45) is 0 Å². The number of methoxy groups -OCH3 is 1. The zero-order chi connectivity index (χ0) is 18.7. The van der Waals surface area contributed by atoms with Gasteiger partial charge in [-0.25, -0.2) is 16.8 Å². The smallest absolute Gasteiger partial charge is 0.327 e. The molecule has 9 heteroatoms. The van der Waals surface area contributed by atoms with Crippen LogP contribution in [0.1, 0.15) is 38.5 Å². The van der Waals surface area contributed by atoms with Gasteiger partial charge in [0.2, 0.25) is 10.0 Å². The number of carbonyl (C=O) groups excluding carboxylic acids is 1. The van der Waals surface area contributed by atoms with Gasteiger partial charge in [-0.3, -0.25) is 4.79 Å². The van der Waals surface area contributed by atoms with Gasteiger partial charge in [0, 0.05) is 6.26 Å². The molecule has 1 aromatic carbocycles. The number of hydrogen-bond donors (Lipinski definition) is 1. The summed E-state index contributed by atoms with van der Waals surface area (Å²) < 4.78 is 56.3. The van der Waals surface area contributed by atoms with Crippen LogP contribution in [0.25, 0.3) is 0 Å². The maximum Gasteiger partial charge on any atom is 0.327 e. The monoisotopic (exact) mass is 389 g/mol. The molecule has 0 radical (unpaired) electrons. The van der Waals surface area contributed by atoms with E-state index in [1.807, 2.05) is 0 Å². The SMILES string of the molecule is COC(=O)C1(NS(=O)(=O)c2cccc(S(C)(=O)=O)c2)CCCCCC1. The Morgan fingerprint density at radius 3 is 2.12 bits per heavy atom. The van der Waals surface area contributed by atoms with Crippen molar-refractivity contribution in [2.75, 3.05) is 13.4 Å². The van der Waals surface area contributed by atoms with Crippen LogP contribution in [0, 0.1) is 0 Å². The molecule has 0 saturated heterocycles. The number of nitrogens with one attached hydrogen (secondary N) is 1. The van der Waals surface area contributed by atoms with Crippen molar-refractivity contribution in [1.29, 1.82) is 0 Å². The number of rotatable bonds is 5. The third kappa shape index (κ3) is 4.59. The average molecular weight is 389 g/mol. The summed E-state index contributed by atoms with van der Waals surface area (Å²) in [5.74, 6) is -0.614. The number of esters is 1. The maximum atomic E-state index is 12.8. The highest BCUT2D eigenvalue weighted by atomic mass is 32.2. The molecular formula is C16H23NO6S2. The fraction of sp³-hybridized carbons (Fsp3) is 0.562. The van der Waals surface area contributed by atoms with Gasteiger partial charge in [-0.15, -0.1) is 0 Å². The fourth-order valence-electron chi connectivity index (χ4n) is 3.06. The fourth-order valence-corrected chi connectivity index (χ4v) is 5.26. The molecule has 0 atom stereocenters. The summed E-state index contributed by atoms with van der Waals surface area (Å²) in [6.45, 7) is 0. The van der Waals surface area contributed by atoms with Crippen molar-refractivity contribution in [3.05, 3.63) is 24.3 Å². The van der Waals surface area contributed by atoms with Crippen LogP contribution in [0.3, 0.4) is 0 Å².